The van der Waals surface area contributed by atoms with Crippen LogP contribution in [-0.2, 0) is 0 Å². The van der Waals surface area contributed by atoms with Gasteiger partial charge in [0.25, 0.3) is 0 Å². The normalized spacial score (nSPS) is 43.9. The summed E-state index contributed by atoms with van der Waals surface area (Å²) in [6, 6.07) is 3.52. The molecule has 1 N–H and O–H groups in total. The molecule has 98 valence electrons. The van der Waals surface area contributed by atoms with Gasteiger partial charge in [0, 0.05) is 24.2 Å². The smallest absolute Gasteiger partial charge is 0.0158 e. The first-order valence-corrected chi connectivity index (χ1v) is 7.62. The summed E-state index contributed by atoms with van der Waals surface area (Å²) in [4.78, 5) is 2.91. The molecular weight excluding hydrogens is 208 g/mol. The lowest BCUT2D eigenvalue weighted by Gasteiger charge is -2.40. The standard InChI is InChI=1S/C15H28N2/c1-4-7-16-11-8-12-5-6-13(9-11)17(12)14-10-15(14,2)3/h11-14,16H,4-10H2,1-3H3. The molecule has 0 spiro atoms. The SMILES string of the molecule is CCCNC1CC2CCC(C1)N2C1CC1(C)C. The molecule has 17 heavy (non-hydrogen) atoms. The Labute approximate surface area is 106 Å². The van der Waals surface area contributed by atoms with Gasteiger partial charge in [-0.3, -0.25) is 4.90 Å². The van der Waals surface area contributed by atoms with Gasteiger partial charge in [-0.15, -0.1) is 0 Å². The van der Waals surface area contributed by atoms with Crippen LogP contribution in [-0.4, -0.2) is 35.6 Å². The van der Waals surface area contributed by atoms with Crippen molar-refractivity contribution in [1.29, 1.82) is 0 Å². The average Bonchev–Trinajstić information content (AvgIpc) is 2.84. The Morgan fingerprint density at radius 3 is 2.24 bits per heavy atom. The highest BCUT2D eigenvalue weighted by Crippen LogP contribution is 2.54. The predicted molar refractivity (Wildman–Crippen MR) is 72.2 cm³/mol. The second kappa shape index (κ2) is 4.24. The first-order chi connectivity index (χ1) is 8.12. The molecular formula is C15H28N2. The summed E-state index contributed by atoms with van der Waals surface area (Å²) in [5, 5.41) is 3.75. The number of nitrogens with zero attached hydrogens (tertiary/aromatic N) is 1. The van der Waals surface area contributed by atoms with Crippen LogP contribution < -0.4 is 5.32 Å². The van der Waals surface area contributed by atoms with E-state index in [0.717, 1.165) is 24.2 Å². The number of nitrogens with one attached hydrogen (secondary N) is 1. The Morgan fingerprint density at radius 2 is 1.76 bits per heavy atom. The number of hydrogen-bond donors (Lipinski definition) is 1. The van der Waals surface area contributed by atoms with Gasteiger partial charge < -0.3 is 5.32 Å². The molecule has 0 amide bonds. The minimum Gasteiger partial charge on any atom is -0.314 e. The summed E-state index contributed by atoms with van der Waals surface area (Å²) in [7, 11) is 0. The minimum atomic E-state index is 0.616. The van der Waals surface area contributed by atoms with Crippen LogP contribution in [0.3, 0.4) is 0 Å². The van der Waals surface area contributed by atoms with Crippen molar-refractivity contribution in [2.45, 2.75) is 83.5 Å². The summed E-state index contributed by atoms with van der Waals surface area (Å²) in [6.45, 7) is 8.36. The third kappa shape index (κ3) is 2.15. The molecule has 0 radical (unpaired) electrons. The van der Waals surface area contributed by atoms with Crippen molar-refractivity contribution in [3.05, 3.63) is 0 Å². The van der Waals surface area contributed by atoms with Crippen molar-refractivity contribution in [2.75, 3.05) is 6.54 Å². The Hall–Kier alpha value is -0.0800. The predicted octanol–water partition coefficient (Wildman–Crippen LogP) is 2.78. The Kier molecular flexibility index (Phi) is 2.99. The third-order valence-electron chi connectivity index (χ3n) is 5.29. The lowest BCUT2D eigenvalue weighted by Crippen LogP contribution is -2.50. The highest BCUT2D eigenvalue weighted by Gasteiger charge is 2.56. The van der Waals surface area contributed by atoms with Crippen molar-refractivity contribution in [3.8, 4) is 0 Å². The molecule has 2 nitrogen and oxygen atoms in total. The number of piperidine rings is 1. The zero-order valence-electron chi connectivity index (χ0n) is 11.7. The van der Waals surface area contributed by atoms with E-state index in [2.05, 4.69) is 31.0 Å². The van der Waals surface area contributed by atoms with Crippen LogP contribution in [0.4, 0.5) is 0 Å². The van der Waals surface area contributed by atoms with Crippen LogP contribution in [0.2, 0.25) is 0 Å². The van der Waals surface area contributed by atoms with E-state index in [-0.39, 0.29) is 0 Å². The van der Waals surface area contributed by atoms with E-state index in [9.17, 15) is 0 Å². The second-order valence-electron chi connectivity index (χ2n) is 7.16. The summed E-state index contributed by atoms with van der Waals surface area (Å²) >= 11 is 0. The molecule has 0 aromatic heterocycles. The third-order valence-corrected chi connectivity index (χ3v) is 5.29. The van der Waals surface area contributed by atoms with E-state index in [1.807, 2.05) is 0 Å². The minimum absolute atomic E-state index is 0.616. The zero-order valence-corrected chi connectivity index (χ0v) is 11.7. The number of fused-ring (bicyclic) bond motifs is 2. The molecule has 0 aromatic carbocycles. The van der Waals surface area contributed by atoms with E-state index in [1.54, 1.807) is 0 Å². The van der Waals surface area contributed by atoms with Gasteiger partial charge in [-0.05, 0) is 50.5 Å². The van der Waals surface area contributed by atoms with Crippen LogP contribution in [0.1, 0.15) is 59.3 Å². The van der Waals surface area contributed by atoms with Crippen LogP contribution >= 0.6 is 0 Å². The van der Waals surface area contributed by atoms with Crippen molar-refractivity contribution in [3.63, 3.8) is 0 Å². The van der Waals surface area contributed by atoms with Crippen LogP contribution in [0.25, 0.3) is 0 Å². The zero-order chi connectivity index (χ0) is 12.0. The molecule has 3 aliphatic rings. The molecule has 2 heteroatoms. The van der Waals surface area contributed by atoms with Crippen molar-refractivity contribution < 1.29 is 0 Å². The van der Waals surface area contributed by atoms with Crippen molar-refractivity contribution >= 4 is 0 Å². The van der Waals surface area contributed by atoms with Gasteiger partial charge in [-0.25, -0.2) is 0 Å². The molecule has 1 aliphatic carbocycles. The van der Waals surface area contributed by atoms with E-state index in [1.165, 1.54) is 45.1 Å². The Morgan fingerprint density at radius 1 is 1.18 bits per heavy atom. The fourth-order valence-corrected chi connectivity index (χ4v) is 4.19. The molecule has 0 aromatic rings. The topological polar surface area (TPSA) is 15.3 Å². The van der Waals surface area contributed by atoms with Gasteiger partial charge in [-0.2, -0.15) is 0 Å². The summed E-state index contributed by atoms with van der Waals surface area (Å²) in [5.41, 5.74) is 0.616. The van der Waals surface area contributed by atoms with Crippen LogP contribution in [0.5, 0.6) is 0 Å². The molecule has 2 aliphatic heterocycles. The molecule has 3 unspecified atom stereocenters. The summed E-state index contributed by atoms with van der Waals surface area (Å²) < 4.78 is 0. The lowest BCUT2D eigenvalue weighted by molar-refractivity contribution is 0.0955. The van der Waals surface area contributed by atoms with Crippen LogP contribution in [0, 0.1) is 5.41 Å². The first-order valence-electron chi connectivity index (χ1n) is 7.62. The van der Waals surface area contributed by atoms with Gasteiger partial charge in [0.1, 0.15) is 0 Å². The maximum absolute atomic E-state index is 3.75. The highest BCUT2D eigenvalue weighted by atomic mass is 15.3. The van der Waals surface area contributed by atoms with Gasteiger partial charge in [0.15, 0.2) is 0 Å². The van der Waals surface area contributed by atoms with Gasteiger partial charge in [-0.1, -0.05) is 20.8 Å². The summed E-state index contributed by atoms with van der Waals surface area (Å²) in [6.07, 6.45) is 8.44. The fourth-order valence-electron chi connectivity index (χ4n) is 4.19. The summed E-state index contributed by atoms with van der Waals surface area (Å²) in [5.74, 6) is 0. The first kappa shape index (κ1) is 12.0. The number of rotatable bonds is 4. The number of hydrogen-bond acceptors (Lipinski definition) is 2. The maximum atomic E-state index is 3.75. The second-order valence-corrected chi connectivity index (χ2v) is 7.16. The van der Waals surface area contributed by atoms with E-state index in [4.69, 9.17) is 0 Å². The van der Waals surface area contributed by atoms with Crippen LogP contribution in [0.15, 0.2) is 0 Å². The molecule has 3 fully saturated rings. The molecule has 2 bridgehead atoms. The molecule has 2 heterocycles. The molecule has 3 atom stereocenters. The Bertz CT molecular complexity index is 273. The quantitative estimate of drug-likeness (QED) is 0.807. The largest absolute Gasteiger partial charge is 0.314 e. The average molecular weight is 236 g/mol. The van der Waals surface area contributed by atoms with Gasteiger partial charge in [0.05, 0.1) is 0 Å². The fraction of sp³-hybridized carbons (Fsp3) is 1.00. The Balaban J connectivity index is 1.61. The molecule has 1 saturated carbocycles. The van der Waals surface area contributed by atoms with E-state index in [0.29, 0.717) is 5.41 Å². The van der Waals surface area contributed by atoms with E-state index < -0.39 is 0 Å². The maximum Gasteiger partial charge on any atom is 0.0158 e. The van der Waals surface area contributed by atoms with Gasteiger partial charge >= 0.3 is 0 Å². The van der Waals surface area contributed by atoms with Crippen molar-refractivity contribution in [1.82, 2.24) is 10.2 Å². The molecule has 2 saturated heterocycles. The highest BCUT2D eigenvalue weighted by molar-refractivity contribution is 5.10. The lowest BCUT2D eigenvalue weighted by atomic mass is 9.96. The van der Waals surface area contributed by atoms with Gasteiger partial charge in [0.2, 0.25) is 0 Å². The van der Waals surface area contributed by atoms with E-state index >= 15 is 0 Å². The van der Waals surface area contributed by atoms with Crippen molar-refractivity contribution in [2.24, 2.45) is 5.41 Å². The molecule has 3 rings (SSSR count). The monoisotopic (exact) mass is 236 g/mol.